The Hall–Kier alpha value is -3.55. The first kappa shape index (κ1) is 22.1. The Labute approximate surface area is 179 Å². The lowest BCUT2D eigenvalue weighted by Gasteiger charge is -2.22. The van der Waals surface area contributed by atoms with Crippen molar-refractivity contribution in [1.29, 1.82) is 0 Å². The van der Waals surface area contributed by atoms with E-state index >= 15 is 0 Å². The summed E-state index contributed by atoms with van der Waals surface area (Å²) in [4.78, 5) is 24.9. The maximum atomic E-state index is 13.9. The Bertz CT molecular complexity index is 1010. The Morgan fingerprint density at radius 3 is 2.29 bits per heavy atom. The third-order valence-electron chi connectivity index (χ3n) is 4.84. The topological polar surface area (TPSA) is 76.0 Å². The molecular formula is C23H24F2N4O2. The third kappa shape index (κ3) is 5.53. The number of hydrogen-bond donors (Lipinski definition) is 2. The number of hydrogen-bond acceptors (Lipinski definition) is 3. The fourth-order valence-corrected chi connectivity index (χ4v) is 3.14. The van der Waals surface area contributed by atoms with Gasteiger partial charge in [-0.2, -0.15) is 5.10 Å². The largest absolute Gasteiger partial charge is 0.354 e. The zero-order valence-electron chi connectivity index (χ0n) is 17.3. The van der Waals surface area contributed by atoms with Crippen LogP contribution in [0.25, 0.3) is 5.69 Å². The van der Waals surface area contributed by atoms with Crippen LogP contribution in [0.2, 0.25) is 0 Å². The third-order valence-corrected chi connectivity index (χ3v) is 4.84. The summed E-state index contributed by atoms with van der Waals surface area (Å²) in [6, 6.07) is 11.9. The summed E-state index contributed by atoms with van der Waals surface area (Å²) >= 11 is 0. The molecule has 6 nitrogen and oxygen atoms in total. The summed E-state index contributed by atoms with van der Waals surface area (Å²) in [6.07, 6.45) is 4.14. The lowest BCUT2D eigenvalue weighted by atomic mass is 10.0. The molecule has 162 valence electrons. The molecule has 2 aromatic carbocycles. The van der Waals surface area contributed by atoms with Crippen LogP contribution in [0.4, 0.5) is 8.78 Å². The highest BCUT2D eigenvalue weighted by Crippen LogP contribution is 2.13. The van der Waals surface area contributed by atoms with Crippen molar-refractivity contribution in [3.05, 3.63) is 83.7 Å². The number of aromatic nitrogens is 2. The van der Waals surface area contributed by atoms with Gasteiger partial charge in [0.15, 0.2) is 0 Å². The zero-order chi connectivity index (χ0) is 22.4. The molecule has 3 aromatic rings. The minimum Gasteiger partial charge on any atom is -0.354 e. The number of nitrogens with zero attached hydrogens (tertiary/aromatic N) is 2. The Morgan fingerprint density at radius 2 is 1.71 bits per heavy atom. The minimum atomic E-state index is -0.973. The SMILES string of the molecule is CC(C)[C@H](NC(=O)c1c(F)cccc1F)C(=O)NCCc1ccc(-n2cccn2)cc1. The lowest BCUT2D eigenvalue weighted by molar-refractivity contribution is -0.123. The van der Waals surface area contributed by atoms with Crippen molar-refractivity contribution in [1.82, 2.24) is 20.4 Å². The van der Waals surface area contributed by atoms with Crippen LogP contribution in [-0.4, -0.2) is 34.2 Å². The van der Waals surface area contributed by atoms with E-state index in [9.17, 15) is 18.4 Å². The first-order valence-electron chi connectivity index (χ1n) is 9.98. The molecule has 0 aliphatic carbocycles. The van der Waals surface area contributed by atoms with Gasteiger partial charge in [-0.05, 0) is 48.2 Å². The molecule has 0 unspecified atom stereocenters. The van der Waals surface area contributed by atoms with E-state index < -0.39 is 35.1 Å². The average molecular weight is 426 g/mol. The Morgan fingerprint density at radius 1 is 1.03 bits per heavy atom. The fourth-order valence-electron chi connectivity index (χ4n) is 3.14. The molecule has 0 spiro atoms. The van der Waals surface area contributed by atoms with Crippen LogP contribution >= 0.6 is 0 Å². The maximum absolute atomic E-state index is 13.9. The molecule has 8 heteroatoms. The van der Waals surface area contributed by atoms with E-state index in [1.807, 2.05) is 36.5 Å². The highest BCUT2D eigenvalue weighted by Gasteiger charge is 2.27. The van der Waals surface area contributed by atoms with E-state index in [0.29, 0.717) is 13.0 Å². The summed E-state index contributed by atoms with van der Waals surface area (Å²) < 4.78 is 29.5. The molecule has 0 saturated carbocycles. The zero-order valence-corrected chi connectivity index (χ0v) is 17.3. The van der Waals surface area contributed by atoms with Crippen molar-refractivity contribution < 1.29 is 18.4 Å². The van der Waals surface area contributed by atoms with Crippen LogP contribution in [0.3, 0.4) is 0 Å². The molecule has 0 aliphatic rings. The van der Waals surface area contributed by atoms with E-state index in [0.717, 1.165) is 23.4 Å². The van der Waals surface area contributed by atoms with E-state index in [1.54, 1.807) is 24.7 Å². The van der Waals surface area contributed by atoms with Crippen LogP contribution in [0.1, 0.15) is 29.8 Å². The molecule has 3 rings (SSSR count). The Balaban J connectivity index is 1.56. The molecule has 2 amide bonds. The second-order valence-electron chi connectivity index (χ2n) is 7.45. The van der Waals surface area contributed by atoms with Crippen molar-refractivity contribution in [2.75, 3.05) is 6.54 Å². The van der Waals surface area contributed by atoms with Crippen molar-refractivity contribution in [3.63, 3.8) is 0 Å². The second kappa shape index (κ2) is 9.97. The van der Waals surface area contributed by atoms with Crippen molar-refractivity contribution in [2.24, 2.45) is 5.92 Å². The van der Waals surface area contributed by atoms with Crippen molar-refractivity contribution in [2.45, 2.75) is 26.3 Å². The average Bonchev–Trinajstić information content (AvgIpc) is 3.27. The number of carbonyl (C=O) groups excluding carboxylic acids is 2. The molecule has 0 radical (unpaired) electrons. The first-order valence-corrected chi connectivity index (χ1v) is 9.98. The molecule has 0 fully saturated rings. The molecule has 0 saturated heterocycles. The van der Waals surface area contributed by atoms with Gasteiger partial charge in [0.1, 0.15) is 23.2 Å². The van der Waals surface area contributed by atoms with Crippen molar-refractivity contribution in [3.8, 4) is 5.69 Å². The van der Waals surface area contributed by atoms with E-state index in [2.05, 4.69) is 15.7 Å². The van der Waals surface area contributed by atoms with Gasteiger partial charge in [-0.3, -0.25) is 9.59 Å². The molecule has 0 bridgehead atoms. The van der Waals surface area contributed by atoms with Crippen LogP contribution in [0.15, 0.2) is 60.9 Å². The number of amides is 2. The number of halogens is 2. The standard InChI is InChI=1S/C23H24F2N4O2/c1-15(2)21(28-22(30)20-18(24)5-3-6-19(20)25)23(31)26-13-11-16-7-9-17(10-8-16)29-14-4-12-27-29/h3-10,12,14-15,21H,11,13H2,1-2H3,(H,26,31)(H,28,30)/t21-/m0/s1. The molecule has 2 N–H and O–H groups in total. The van der Waals surface area contributed by atoms with E-state index in [4.69, 9.17) is 0 Å². The van der Waals surface area contributed by atoms with Crippen LogP contribution < -0.4 is 10.6 Å². The summed E-state index contributed by atoms with van der Waals surface area (Å²) in [5.74, 6) is -3.59. The highest BCUT2D eigenvalue weighted by atomic mass is 19.1. The van der Waals surface area contributed by atoms with Gasteiger partial charge < -0.3 is 10.6 Å². The minimum absolute atomic E-state index is 0.271. The summed E-state index contributed by atoms with van der Waals surface area (Å²) in [7, 11) is 0. The first-order chi connectivity index (χ1) is 14.9. The predicted octanol–water partition coefficient (Wildman–Crippen LogP) is 3.26. The summed E-state index contributed by atoms with van der Waals surface area (Å²) in [5.41, 5.74) is 1.26. The normalized spacial score (nSPS) is 11.9. The van der Waals surface area contributed by atoms with Crippen LogP contribution in [0.5, 0.6) is 0 Å². The smallest absolute Gasteiger partial charge is 0.257 e. The number of carbonyl (C=O) groups is 2. The molecule has 1 atom stereocenters. The monoisotopic (exact) mass is 426 g/mol. The summed E-state index contributed by atoms with van der Waals surface area (Å²) in [6.45, 7) is 3.85. The van der Waals surface area contributed by atoms with Gasteiger partial charge in [-0.15, -0.1) is 0 Å². The van der Waals surface area contributed by atoms with Gasteiger partial charge in [-0.1, -0.05) is 32.0 Å². The molecule has 1 aromatic heterocycles. The maximum Gasteiger partial charge on any atom is 0.257 e. The number of benzene rings is 2. The van der Waals surface area contributed by atoms with Crippen molar-refractivity contribution >= 4 is 11.8 Å². The lowest BCUT2D eigenvalue weighted by Crippen LogP contribution is -2.50. The van der Waals surface area contributed by atoms with Gasteiger partial charge in [0.2, 0.25) is 5.91 Å². The van der Waals surface area contributed by atoms with Gasteiger partial charge >= 0.3 is 0 Å². The van der Waals surface area contributed by atoms with E-state index in [-0.39, 0.29) is 5.92 Å². The number of rotatable bonds is 8. The second-order valence-corrected chi connectivity index (χ2v) is 7.45. The van der Waals surface area contributed by atoms with Gasteiger partial charge in [0.25, 0.3) is 5.91 Å². The molecule has 31 heavy (non-hydrogen) atoms. The highest BCUT2D eigenvalue weighted by molar-refractivity contribution is 5.98. The van der Waals surface area contributed by atoms with Crippen LogP contribution in [-0.2, 0) is 11.2 Å². The molecular weight excluding hydrogens is 402 g/mol. The fraction of sp³-hybridized carbons (Fsp3) is 0.261. The predicted molar refractivity (Wildman–Crippen MR) is 113 cm³/mol. The molecule has 1 heterocycles. The molecule has 0 aliphatic heterocycles. The summed E-state index contributed by atoms with van der Waals surface area (Å²) in [5, 5.41) is 9.40. The Kier molecular flexibility index (Phi) is 7.12. The van der Waals surface area contributed by atoms with E-state index in [1.165, 1.54) is 6.07 Å². The number of nitrogens with one attached hydrogen (secondary N) is 2. The van der Waals surface area contributed by atoms with Gasteiger partial charge in [0.05, 0.1) is 5.69 Å². The quantitative estimate of drug-likeness (QED) is 0.581. The van der Waals surface area contributed by atoms with Crippen LogP contribution in [0, 0.1) is 17.6 Å². The van der Waals surface area contributed by atoms with Gasteiger partial charge in [-0.25, -0.2) is 13.5 Å². The van der Waals surface area contributed by atoms with Gasteiger partial charge in [0, 0.05) is 18.9 Å².